The molecule has 1 atom stereocenters. The van der Waals surface area contributed by atoms with Crippen molar-refractivity contribution < 1.29 is 19.5 Å². The van der Waals surface area contributed by atoms with E-state index in [0.717, 1.165) is 16.9 Å². The Balaban J connectivity index is 1.77. The highest BCUT2D eigenvalue weighted by atomic mass is 35.5. The average Bonchev–Trinajstić information content (AvgIpc) is 3.47. The zero-order valence-electron chi connectivity index (χ0n) is 19.9. The number of halogens is 1. The van der Waals surface area contributed by atoms with Crippen LogP contribution in [0.3, 0.4) is 0 Å². The summed E-state index contributed by atoms with van der Waals surface area (Å²) in [6.45, 7) is 6.77. The maximum atomic E-state index is 13.4. The molecule has 4 aromatic rings. The predicted molar refractivity (Wildman–Crippen MR) is 138 cm³/mol. The van der Waals surface area contributed by atoms with Crippen molar-refractivity contribution >= 4 is 56.9 Å². The van der Waals surface area contributed by atoms with Crippen LogP contribution in [0.15, 0.2) is 48.2 Å². The number of aliphatic hydroxyl groups is 1. The molecule has 1 amide bonds. The van der Waals surface area contributed by atoms with Gasteiger partial charge in [-0.2, -0.15) is 0 Å². The molecule has 1 fully saturated rings. The minimum atomic E-state index is -0.988. The largest absolute Gasteiger partial charge is 0.505 e. The number of anilines is 1. The van der Waals surface area contributed by atoms with E-state index in [9.17, 15) is 19.5 Å². The van der Waals surface area contributed by atoms with E-state index in [1.807, 2.05) is 29.7 Å². The average molecular weight is 521 g/mol. The van der Waals surface area contributed by atoms with Crippen LogP contribution < -0.4 is 4.90 Å². The summed E-state index contributed by atoms with van der Waals surface area (Å²) in [7, 11) is 0. The van der Waals surface area contributed by atoms with Crippen LogP contribution in [-0.2, 0) is 9.59 Å². The molecule has 0 bridgehead atoms. The van der Waals surface area contributed by atoms with E-state index in [1.54, 1.807) is 38.1 Å². The number of thiazole rings is 1. The molecule has 1 aliphatic rings. The van der Waals surface area contributed by atoms with E-state index in [1.165, 1.54) is 11.8 Å². The van der Waals surface area contributed by atoms with Crippen LogP contribution in [0.2, 0.25) is 5.02 Å². The van der Waals surface area contributed by atoms with Gasteiger partial charge >= 0.3 is 5.91 Å². The van der Waals surface area contributed by atoms with Gasteiger partial charge in [0, 0.05) is 18.1 Å². The second-order valence-corrected chi connectivity index (χ2v) is 10.0. The summed E-state index contributed by atoms with van der Waals surface area (Å²) in [5.74, 6) is -2.28. The lowest BCUT2D eigenvalue weighted by Crippen LogP contribution is -2.29. The second-order valence-electron chi connectivity index (χ2n) is 8.62. The van der Waals surface area contributed by atoms with Gasteiger partial charge in [0.15, 0.2) is 16.7 Å². The summed E-state index contributed by atoms with van der Waals surface area (Å²) in [4.78, 5) is 49.5. The first kappa shape index (κ1) is 23.9. The van der Waals surface area contributed by atoms with Crippen LogP contribution in [0.1, 0.15) is 50.8 Å². The maximum absolute atomic E-state index is 13.4. The number of Topliss-reactive ketones (excluding diaryl/α,β-unsaturated/α-hetero) is 2. The van der Waals surface area contributed by atoms with Crippen molar-refractivity contribution in [1.82, 2.24) is 14.4 Å². The lowest BCUT2D eigenvalue weighted by molar-refractivity contribution is -0.132. The van der Waals surface area contributed by atoms with Gasteiger partial charge in [-0.3, -0.25) is 19.3 Å². The van der Waals surface area contributed by atoms with Crippen molar-refractivity contribution in [2.45, 2.75) is 33.7 Å². The van der Waals surface area contributed by atoms with E-state index in [-0.39, 0.29) is 27.9 Å². The molecule has 1 unspecified atom stereocenters. The molecule has 0 saturated carbocycles. The van der Waals surface area contributed by atoms with Gasteiger partial charge < -0.3 is 9.51 Å². The molecular weight excluding hydrogens is 500 g/mol. The Morgan fingerprint density at radius 3 is 2.39 bits per heavy atom. The third-order valence-corrected chi connectivity index (χ3v) is 7.76. The predicted octanol–water partition coefficient (Wildman–Crippen LogP) is 5.20. The van der Waals surface area contributed by atoms with Gasteiger partial charge in [-0.1, -0.05) is 41.1 Å². The highest BCUT2D eigenvalue weighted by molar-refractivity contribution is 7.18. The molecule has 5 rings (SSSR count). The number of pyridine rings is 1. The van der Waals surface area contributed by atoms with E-state index >= 15 is 0 Å². The van der Waals surface area contributed by atoms with Crippen molar-refractivity contribution in [3.8, 4) is 0 Å². The SMILES string of the molecule is CC(=O)c1sc(N2C(=O)C(=O)C(=C(O)c3nc4c(C)cccn4c3C)C2c2ccc(Cl)cc2)nc1C. The number of amides is 1. The summed E-state index contributed by atoms with van der Waals surface area (Å²) < 4.78 is 1.82. The molecule has 3 aromatic heterocycles. The fourth-order valence-electron chi connectivity index (χ4n) is 4.48. The maximum Gasteiger partial charge on any atom is 0.301 e. The van der Waals surface area contributed by atoms with E-state index < -0.39 is 17.7 Å². The molecule has 4 heterocycles. The number of imidazole rings is 1. The fourth-order valence-corrected chi connectivity index (χ4v) is 5.59. The summed E-state index contributed by atoms with van der Waals surface area (Å²) in [6.07, 6.45) is 1.82. The van der Waals surface area contributed by atoms with Crippen LogP contribution in [0.25, 0.3) is 11.4 Å². The van der Waals surface area contributed by atoms with E-state index in [0.29, 0.717) is 32.5 Å². The third-order valence-electron chi connectivity index (χ3n) is 6.25. The van der Waals surface area contributed by atoms with E-state index in [2.05, 4.69) is 9.97 Å². The van der Waals surface area contributed by atoms with Crippen LogP contribution in [0.5, 0.6) is 0 Å². The Bertz CT molecular complexity index is 1620. The zero-order chi connectivity index (χ0) is 25.9. The first-order valence-corrected chi connectivity index (χ1v) is 12.3. The number of ketones is 2. The van der Waals surface area contributed by atoms with Crippen molar-refractivity contribution in [1.29, 1.82) is 0 Å². The number of benzene rings is 1. The van der Waals surface area contributed by atoms with E-state index in [4.69, 9.17) is 11.6 Å². The molecule has 1 N–H and O–H groups in total. The van der Waals surface area contributed by atoms with Crippen molar-refractivity contribution in [3.63, 3.8) is 0 Å². The number of fused-ring (bicyclic) bond motifs is 1. The quantitative estimate of drug-likeness (QED) is 0.172. The molecule has 0 aliphatic carbocycles. The van der Waals surface area contributed by atoms with Crippen LogP contribution in [-0.4, -0.2) is 36.9 Å². The summed E-state index contributed by atoms with van der Waals surface area (Å²) in [5.41, 5.74) is 3.27. The smallest absolute Gasteiger partial charge is 0.301 e. The Hall–Kier alpha value is -3.82. The minimum absolute atomic E-state index is 0.108. The first-order valence-electron chi connectivity index (χ1n) is 11.1. The number of hydrogen-bond acceptors (Lipinski definition) is 7. The molecule has 1 aromatic carbocycles. The van der Waals surface area contributed by atoms with Crippen LogP contribution in [0.4, 0.5) is 5.13 Å². The molecular formula is C26H21ClN4O4S. The second kappa shape index (κ2) is 8.69. The van der Waals surface area contributed by atoms with Crippen molar-refractivity contribution in [2.24, 2.45) is 0 Å². The Kier molecular flexibility index (Phi) is 5.77. The van der Waals surface area contributed by atoms with Crippen LogP contribution in [0, 0.1) is 20.8 Å². The molecule has 8 nitrogen and oxygen atoms in total. The van der Waals surface area contributed by atoms with Gasteiger partial charge in [-0.25, -0.2) is 9.97 Å². The number of hydrogen-bond donors (Lipinski definition) is 1. The topological polar surface area (TPSA) is 105 Å². The Morgan fingerprint density at radius 1 is 1.08 bits per heavy atom. The molecule has 1 aliphatic heterocycles. The minimum Gasteiger partial charge on any atom is -0.505 e. The normalized spacial score (nSPS) is 17.4. The van der Waals surface area contributed by atoms with Crippen LogP contribution >= 0.6 is 22.9 Å². The summed E-state index contributed by atoms with van der Waals surface area (Å²) in [5, 5.41) is 12.2. The van der Waals surface area contributed by atoms with Crippen molar-refractivity contribution in [3.05, 3.63) is 86.3 Å². The highest BCUT2D eigenvalue weighted by Gasteiger charge is 2.48. The fraction of sp³-hybridized carbons (Fsp3) is 0.192. The first-order chi connectivity index (χ1) is 17.1. The lowest BCUT2D eigenvalue weighted by Gasteiger charge is -2.22. The van der Waals surface area contributed by atoms with Gasteiger partial charge in [-0.05, 0) is 50.1 Å². The third kappa shape index (κ3) is 3.63. The molecule has 1 saturated heterocycles. The number of nitrogens with zero attached hydrogens (tertiary/aromatic N) is 4. The number of aromatic nitrogens is 3. The summed E-state index contributed by atoms with van der Waals surface area (Å²) in [6, 6.07) is 9.44. The summed E-state index contributed by atoms with van der Waals surface area (Å²) >= 11 is 7.13. The number of rotatable bonds is 4. The van der Waals surface area contributed by atoms with Gasteiger partial charge in [0.1, 0.15) is 11.3 Å². The van der Waals surface area contributed by atoms with Gasteiger partial charge in [0.2, 0.25) is 0 Å². The zero-order valence-corrected chi connectivity index (χ0v) is 21.4. The lowest BCUT2D eigenvalue weighted by atomic mass is 9.96. The Morgan fingerprint density at radius 2 is 1.78 bits per heavy atom. The van der Waals surface area contributed by atoms with Gasteiger partial charge in [-0.15, -0.1) is 0 Å². The number of aliphatic hydroxyl groups excluding tert-OH is 1. The van der Waals surface area contributed by atoms with Gasteiger partial charge in [0.05, 0.1) is 27.9 Å². The number of carbonyl (C=O) groups excluding carboxylic acids is 3. The monoisotopic (exact) mass is 520 g/mol. The number of carbonyl (C=O) groups is 3. The molecule has 0 radical (unpaired) electrons. The van der Waals surface area contributed by atoms with Gasteiger partial charge in [0.25, 0.3) is 5.78 Å². The molecule has 182 valence electrons. The molecule has 36 heavy (non-hydrogen) atoms. The number of aryl methyl sites for hydroxylation is 3. The highest BCUT2D eigenvalue weighted by Crippen LogP contribution is 2.44. The molecule has 0 spiro atoms. The van der Waals surface area contributed by atoms with Crippen molar-refractivity contribution in [2.75, 3.05) is 4.90 Å². The molecule has 10 heteroatoms. The standard InChI is InChI=1S/C26H21ClN4O4S/c1-12-6-5-11-30-14(3)19(29-24(12)30)21(33)18-20(16-7-9-17(27)10-8-16)31(25(35)22(18)34)26-28-13(2)23(36-26)15(4)32/h5-11,20,33H,1-4H3. The Labute approximate surface area is 215 Å².